The lowest BCUT2D eigenvalue weighted by Crippen LogP contribution is -2.38. The Morgan fingerprint density at radius 1 is 1.48 bits per heavy atom. The predicted octanol–water partition coefficient (Wildman–Crippen LogP) is 1.97. The van der Waals surface area contributed by atoms with Gasteiger partial charge in [-0.05, 0) is 31.9 Å². The Kier molecular flexibility index (Phi) is 3.68. The molecule has 1 aliphatic carbocycles. The maximum atomic E-state index is 12.6. The molecule has 1 N–H and O–H groups in total. The van der Waals surface area contributed by atoms with Crippen molar-refractivity contribution in [1.29, 1.82) is 0 Å². The number of benzene rings is 1. The van der Waals surface area contributed by atoms with Gasteiger partial charge in [-0.15, -0.1) is 11.6 Å². The van der Waals surface area contributed by atoms with Crippen LogP contribution in [-0.2, 0) is 10.7 Å². The fourth-order valence-electron chi connectivity index (χ4n) is 2.35. The number of fused-ring (bicyclic) bond motifs is 1. The summed E-state index contributed by atoms with van der Waals surface area (Å²) in [4.78, 5) is 29.3. The first-order chi connectivity index (χ1) is 10.1. The van der Waals surface area contributed by atoms with Crippen LogP contribution in [0.15, 0.2) is 29.1 Å². The summed E-state index contributed by atoms with van der Waals surface area (Å²) in [7, 11) is 0. The molecule has 1 unspecified atom stereocenters. The van der Waals surface area contributed by atoms with Crippen LogP contribution in [0.5, 0.6) is 0 Å². The average molecular weight is 306 g/mol. The standard InChI is InChI=1S/C15H16ClN3O2/c1-9(14(20)17-10-6-7-10)19-13(8-16)18-12-5-3-2-4-11(12)15(19)21/h2-5,9-10H,6-8H2,1H3,(H,17,20). The monoisotopic (exact) mass is 305 g/mol. The zero-order valence-electron chi connectivity index (χ0n) is 11.7. The number of nitrogens with one attached hydrogen (secondary N) is 1. The minimum absolute atomic E-state index is 0.0844. The number of carbonyl (C=O) groups is 1. The van der Waals surface area contributed by atoms with E-state index in [4.69, 9.17) is 11.6 Å². The highest BCUT2D eigenvalue weighted by Gasteiger charge is 2.28. The molecule has 1 heterocycles. The van der Waals surface area contributed by atoms with Crippen molar-refractivity contribution in [3.05, 3.63) is 40.4 Å². The molecule has 3 rings (SSSR count). The lowest BCUT2D eigenvalue weighted by molar-refractivity contribution is -0.124. The average Bonchev–Trinajstić information content (AvgIpc) is 3.30. The summed E-state index contributed by atoms with van der Waals surface area (Å²) in [6.07, 6.45) is 2.01. The summed E-state index contributed by atoms with van der Waals surface area (Å²) in [5.41, 5.74) is 0.374. The highest BCUT2D eigenvalue weighted by atomic mass is 35.5. The molecule has 0 spiro atoms. The third-order valence-corrected chi connectivity index (χ3v) is 3.93. The number of hydrogen-bond acceptors (Lipinski definition) is 3. The Hall–Kier alpha value is -1.88. The lowest BCUT2D eigenvalue weighted by atomic mass is 10.2. The van der Waals surface area contributed by atoms with Crippen molar-refractivity contribution in [3.63, 3.8) is 0 Å². The summed E-state index contributed by atoms with van der Waals surface area (Å²) in [5.74, 6) is 0.336. The minimum Gasteiger partial charge on any atom is -0.352 e. The molecule has 1 aromatic carbocycles. The van der Waals surface area contributed by atoms with Crippen LogP contribution in [-0.4, -0.2) is 21.5 Å². The van der Waals surface area contributed by atoms with Gasteiger partial charge in [-0.2, -0.15) is 0 Å². The van der Waals surface area contributed by atoms with Crippen molar-refractivity contribution in [2.45, 2.75) is 37.7 Å². The second kappa shape index (κ2) is 5.48. The van der Waals surface area contributed by atoms with E-state index in [2.05, 4.69) is 10.3 Å². The fourth-order valence-corrected chi connectivity index (χ4v) is 2.54. The molecule has 110 valence electrons. The van der Waals surface area contributed by atoms with Gasteiger partial charge in [0.25, 0.3) is 5.56 Å². The van der Waals surface area contributed by atoms with E-state index in [0.717, 1.165) is 12.8 Å². The van der Waals surface area contributed by atoms with Gasteiger partial charge in [0.1, 0.15) is 11.9 Å². The van der Waals surface area contributed by atoms with E-state index in [1.165, 1.54) is 4.57 Å². The normalized spacial score (nSPS) is 15.9. The van der Waals surface area contributed by atoms with Crippen LogP contribution in [0.2, 0.25) is 0 Å². The molecular weight excluding hydrogens is 290 g/mol. The van der Waals surface area contributed by atoms with Crippen molar-refractivity contribution in [2.75, 3.05) is 0 Å². The van der Waals surface area contributed by atoms with E-state index in [1.807, 2.05) is 6.07 Å². The van der Waals surface area contributed by atoms with Crippen LogP contribution in [0.4, 0.5) is 0 Å². The highest BCUT2D eigenvalue weighted by Crippen LogP contribution is 2.20. The fraction of sp³-hybridized carbons (Fsp3) is 0.400. The van der Waals surface area contributed by atoms with Crippen LogP contribution < -0.4 is 10.9 Å². The number of hydrogen-bond donors (Lipinski definition) is 1. The van der Waals surface area contributed by atoms with Gasteiger partial charge in [-0.1, -0.05) is 12.1 Å². The zero-order valence-corrected chi connectivity index (χ0v) is 12.4. The van der Waals surface area contributed by atoms with Crippen LogP contribution in [0.3, 0.4) is 0 Å². The molecule has 1 fully saturated rings. The van der Waals surface area contributed by atoms with Gasteiger partial charge < -0.3 is 5.32 Å². The second-order valence-corrected chi connectivity index (χ2v) is 5.58. The van der Waals surface area contributed by atoms with Crippen LogP contribution >= 0.6 is 11.6 Å². The molecule has 21 heavy (non-hydrogen) atoms. The number of nitrogens with zero attached hydrogens (tertiary/aromatic N) is 2. The zero-order chi connectivity index (χ0) is 15.0. The molecule has 1 aliphatic rings. The third-order valence-electron chi connectivity index (χ3n) is 3.69. The molecule has 2 aromatic rings. The first-order valence-electron chi connectivity index (χ1n) is 6.98. The summed E-state index contributed by atoms with van der Waals surface area (Å²) in [5, 5.41) is 3.41. The molecule has 0 saturated heterocycles. The van der Waals surface area contributed by atoms with E-state index in [9.17, 15) is 9.59 Å². The molecule has 0 aliphatic heterocycles. The molecule has 0 bridgehead atoms. The number of carbonyl (C=O) groups excluding carboxylic acids is 1. The Bertz CT molecular complexity index is 752. The quantitative estimate of drug-likeness (QED) is 0.878. The van der Waals surface area contributed by atoms with Gasteiger partial charge in [0.2, 0.25) is 5.91 Å². The van der Waals surface area contributed by atoms with Crippen molar-refractivity contribution < 1.29 is 4.79 Å². The smallest absolute Gasteiger partial charge is 0.262 e. The van der Waals surface area contributed by atoms with Crippen molar-refractivity contribution in [1.82, 2.24) is 14.9 Å². The summed E-state index contributed by atoms with van der Waals surface area (Å²) >= 11 is 5.92. The minimum atomic E-state index is -0.621. The van der Waals surface area contributed by atoms with Crippen LogP contribution in [0.25, 0.3) is 10.9 Å². The van der Waals surface area contributed by atoms with Crippen molar-refractivity contribution >= 4 is 28.4 Å². The molecule has 1 amide bonds. The maximum absolute atomic E-state index is 12.6. The summed E-state index contributed by atoms with van der Waals surface area (Å²) in [6, 6.07) is 6.72. The van der Waals surface area contributed by atoms with E-state index in [0.29, 0.717) is 16.7 Å². The van der Waals surface area contributed by atoms with Crippen LogP contribution in [0.1, 0.15) is 31.6 Å². The molecule has 6 heteroatoms. The van der Waals surface area contributed by atoms with E-state index in [-0.39, 0.29) is 23.4 Å². The van der Waals surface area contributed by atoms with Crippen LogP contribution in [0, 0.1) is 0 Å². The third kappa shape index (κ3) is 2.65. The van der Waals surface area contributed by atoms with Gasteiger partial charge in [-0.3, -0.25) is 14.2 Å². The molecule has 5 nitrogen and oxygen atoms in total. The number of halogens is 1. The molecular formula is C15H16ClN3O2. The summed E-state index contributed by atoms with van der Waals surface area (Å²) in [6.45, 7) is 1.70. The lowest BCUT2D eigenvalue weighted by Gasteiger charge is -2.18. The number of amides is 1. The summed E-state index contributed by atoms with van der Waals surface area (Å²) < 4.78 is 1.40. The maximum Gasteiger partial charge on any atom is 0.262 e. The topological polar surface area (TPSA) is 64.0 Å². The van der Waals surface area contributed by atoms with Gasteiger partial charge in [0.15, 0.2) is 0 Å². The SMILES string of the molecule is CC(C(=O)NC1CC1)n1c(CCl)nc2ccccc2c1=O. The Balaban J connectivity index is 2.09. The first kappa shape index (κ1) is 14.1. The van der Waals surface area contributed by atoms with Gasteiger partial charge in [0.05, 0.1) is 16.8 Å². The Morgan fingerprint density at radius 2 is 2.19 bits per heavy atom. The number of para-hydroxylation sites is 1. The number of rotatable bonds is 4. The molecule has 1 atom stereocenters. The Labute approximate surface area is 126 Å². The highest BCUT2D eigenvalue weighted by molar-refractivity contribution is 6.16. The van der Waals surface area contributed by atoms with Crippen molar-refractivity contribution in [3.8, 4) is 0 Å². The van der Waals surface area contributed by atoms with E-state index < -0.39 is 6.04 Å². The number of alkyl halides is 1. The second-order valence-electron chi connectivity index (χ2n) is 5.31. The van der Waals surface area contributed by atoms with E-state index >= 15 is 0 Å². The number of aromatic nitrogens is 2. The van der Waals surface area contributed by atoms with Gasteiger partial charge in [0, 0.05) is 6.04 Å². The van der Waals surface area contributed by atoms with Crippen molar-refractivity contribution in [2.24, 2.45) is 0 Å². The Morgan fingerprint density at radius 3 is 2.86 bits per heavy atom. The molecule has 0 radical (unpaired) electrons. The largest absolute Gasteiger partial charge is 0.352 e. The van der Waals surface area contributed by atoms with E-state index in [1.54, 1.807) is 25.1 Å². The van der Waals surface area contributed by atoms with Gasteiger partial charge >= 0.3 is 0 Å². The predicted molar refractivity (Wildman–Crippen MR) is 81.4 cm³/mol. The van der Waals surface area contributed by atoms with Gasteiger partial charge in [-0.25, -0.2) is 4.98 Å². The molecule has 1 aromatic heterocycles. The first-order valence-corrected chi connectivity index (χ1v) is 7.51. The molecule has 1 saturated carbocycles.